The summed E-state index contributed by atoms with van der Waals surface area (Å²) >= 11 is 0. The van der Waals surface area contributed by atoms with E-state index in [0.717, 1.165) is 38.4 Å². The quantitative estimate of drug-likeness (QED) is 0.396. The summed E-state index contributed by atoms with van der Waals surface area (Å²) < 4.78 is 0. The molecule has 0 aliphatic heterocycles. The summed E-state index contributed by atoms with van der Waals surface area (Å²) in [4.78, 5) is 32.4. The fraction of sp³-hybridized carbons (Fsp3) is 0.667. The molecule has 0 saturated heterocycles. The van der Waals surface area contributed by atoms with Crippen LogP contribution in [0.25, 0.3) is 0 Å². The normalized spacial score (nSPS) is 23.1. The molecule has 19 heavy (non-hydrogen) atoms. The standard InChI is InChI=1S/C15H22O4/c16-11-5-6-12-9-10-14(17)13(12)7-3-1-2-4-8-15(18)19/h5-6,11-13H,1-4,7-10H2,(H,18,19)/b6-5+/t12?,13-/m1/s1. The highest BCUT2D eigenvalue weighted by Crippen LogP contribution is 2.33. The van der Waals surface area contributed by atoms with Gasteiger partial charge in [-0.05, 0) is 31.3 Å². The Kier molecular flexibility index (Phi) is 7.08. The Morgan fingerprint density at radius 2 is 2.00 bits per heavy atom. The van der Waals surface area contributed by atoms with E-state index in [2.05, 4.69) is 0 Å². The van der Waals surface area contributed by atoms with Gasteiger partial charge in [-0.3, -0.25) is 14.4 Å². The lowest BCUT2D eigenvalue weighted by Crippen LogP contribution is -2.13. The van der Waals surface area contributed by atoms with Gasteiger partial charge in [0.2, 0.25) is 0 Å². The molecule has 0 aromatic rings. The minimum atomic E-state index is -0.745. The smallest absolute Gasteiger partial charge is 0.303 e. The van der Waals surface area contributed by atoms with E-state index in [0.29, 0.717) is 18.6 Å². The number of allylic oxidation sites excluding steroid dienone is 2. The number of ketones is 1. The molecule has 0 spiro atoms. The summed E-state index contributed by atoms with van der Waals surface area (Å²) in [5, 5.41) is 8.51. The summed E-state index contributed by atoms with van der Waals surface area (Å²) in [5.41, 5.74) is 0. The second-order valence-electron chi connectivity index (χ2n) is 5.14. The average molecular weight is 266 g/mol. The van der Waals surface area contributed by atoms with E-state index in [4.69, 9.17) is 5.11 Å². The van der Waals surface area contributed by atoms with Crippen LogP contribution in [0.5, 0.6) is 0 Å². The Bertz CT molecular complexity index is 346. The van der Waals surface area contributed by atoms with Crippen molar-refractivity contribution in [2.75, 3.05) is 0 Å². The first-order chi connectivity index (χ1) is 9.15. The number of aldehydes is 1. The number of rotatable bonds is 9. The van der Waals surface area contributed by atoms with Crippen LogP contribution in [0.3, 0.4) is 0 Å². The Morgan fingerprint density at radius 1 is 1.26 bits per heavy atom. The van der Waals surface area contributed by atoms with E-state index >= 15 is 0 Å². The molecule has 1 rings (SSSR count). The molecular weight excluding hydrogens is 244 g/mol. The molecule has 0 aromatic heterocycles. The molecule has 1 aliphatic rings. The van der Waals surface area contributed by atoms with E-state index in [9.17, 15) is 14.4 Å². The zero-order chi connectivity index (χ0) is 14.1. The SMILES string of the molecule is O=C/C=C/C1CCC(=O)[C@@H]1CCCCCCC(=O)O. The van der Waals surface area contributed by atoms with Gasteiger partial charge in [0.1, 0.15) is 12.1 Å². The van der Waals surface area contributed by atoms with E-state index in [1.165, 1.54) is 6.08 Å². The predicted molar refractivity (Wildman–Crippen MR) is 71.8 cm³/mol. The second-order valence-corrected chi connectivity index (χ2v) is 5.14. The van der Waals surface area contributed by atoms with Crippen molar-refractivity contribution in [1.82, 2.24) is 0 Å². The Hall–Kier alpha value is -1.45. The van der Waals surface area contributed by atoms with Gasteiger partial charge in [-0.2, -0.15) is 0 Å². The van der Waals surface area contributed by atoms with Gasteiger partial charge in [0.05, 0.1) is 0 Å². The molecule has 1 unspecified atom stereocenters. The molecule has 0 amide bonds. The van der Waals surface area contributed by atoms with Gasteiger partial charge in [-0.1, -0.05) is 25.3 Å². The maximum atomic E-state index is 11.8. The first-order valence-corrected chi connectivity index (χ1v) is 7.01. The largest absolute Gasteiger partial charge is 0.481 e. The van der Waals surface area contributed by atoms with E-state index < -0.39 is 5.97 Å². The second kappa shape index (κ2) is 8.62. The van der Waals surface area contributed by atoms with Crippen LogP contribution in [0.2, 0.25) is 0 Å². The molecule has 106 valence electrons. The molecule has 1 fully saturated rings. The third kappa shape index (κ3) is 5.81. The highest BCUT2D eigenvalue weighted by Gasteiger charge is 2.31. The third-order valence-electron chi connectivity index (χ3n) is 3.75. The minimum absolute atomic E-state index is 0.0654. The van der Waals surface area contributed by atoms with Gasteiger partial charge in [-0.25, -0.2) is 0 Å². The van der Waals surface area contributed by atoms with Crippen LogP contribution in [0.4, 0.5) is 0 Å². The summed E-state index contributed by atoms with van der Waals surface area (Å²) in [6.07, 6.45) is 10.2. The van der Waals surface area contributed by atoms with Gasteiger partial charge in [0.15, 0.2) is 0 Å². The molecule has 2 atom stereocenters. The number of aliphatic carboxylic acids is 1. The number of carbonyl (C=O) groups is 3. The van der Waals surface area contributed by atoms with Crippen LogP contribution in [0.1, 0.15) is 51.4 Å². The molecule has 0 heterocycles. The molecule has 1 aliphatic carbocycles. The van der Waals surface area contributed by atoms with Crippen molar-refractivity contribution in [1.29, 1.82) is 0 Å². The number of Topliss-reactive ketones (excluding diaryl/α,β-unsaturated/α-hetero) is 1. The minimum Gasteiger partial charge on any atom is -0.481 e. The summed E-state index contributed by atoms with van der Waals surface area (Å²) in [7, 11) is 0. The van der Waals surface area contributed by atoms with Crippen LogP contribution in [0.15, 0.2) is 12.2 Å². The van der Waals surface area contributed by atoms with Crippen LogP contribution >= 0.6 is 0 Å². The Balaban J connectivity index is 2.22. The first-order valence-electron chi connectivity index (χ1n) is 7.01. The first kappa shape index (κ1) is 15.6. The monoisotopic (exact) mass is 266 g/mol. The maximum absolute atomic E-state index is 11.8. The Labute approximate surface area is 113 Å². The molecule has 1 N–H and O–H groups in total. The van der Waals surface area contributed by atoms with Gasteiger partial charge in [0, 0.05) is 18.8 Å². The number of unbranched alkanes of at least 4 members (excludes halogenated alkanes) is 3. The van der Waals surface area contributed by atoms with Gasteiger partial charge in [-0.15, -0.1) is 0 Å². The van der Waals surface area contributed by atoms with Crippen LogP contribution in [0, 0.1) is 11.8 Å². The number of carboxylic acids is 1. The molecule has 0 aromatic carbocycles. The van der Waals surface area contributed by atoms with Crippen molar-refractivity contribution in [2.45, 2.75) is 51.4 Å². The summed E-state index contributed by atoms with van der Waals surface area (Å²) in [5.74, 6) is -0.150. The number of hydrogen-bond acceptors (Lipinski definition) is 3. The molecule has 4 heteroatoms. The summed E-state index contributed by atoms with van der Waals surface area (Å²) in [6.45, 7) is 0. The van der Waals surface area contributed by atoms with Crippen molar-refractivity contribution in [2.24, 2.45) is 11.8 Å². The predicted octanol–water partition coefficient (Wildman–Crippen LogP) is 2.76. The molecule has 0 radical (unpaired) electrons. The number of carboxylic acid groups (broad SMARTS) is 1. The third-order valence-corrected chi connectivity index (χ3v) is 3.75. The van der Waals surface area contributed by atoms with Crippen molar-refractivity contribution in [3.63, 3.8) is 0 Å². The topological polar surface area (TPSA) is 71.4 Å². The molecule has 0 bridgehead atoms. The van der Waals surface area contributed by atoms with E-state index in [1.54, 1.807) is 0 Å². The fourth-order valence-corrected chi connectivity index (χ4v) is 2.72. The number of hydrogen-bond donors (Lipinski definition) is 1. The Morgan fingerprint density at radius 3 is 2.68 bits per heavy atom. The van der Waals surface area contributed by atoms with Gasteiger partial charge < -0.3 is 5.11 Å². The maximum Gasteiger partial charge on any atom is 0.303 e. The van der Waals surface area contributed by atoms with Crippen molar-refractivity contribution >= 4 is 18.0 Å². The highest BCUT2D eigenvalue weighted by atomic mass is 16.4. The van der Waals surface area contributed by atoms with Crippen LogP contribution < -0.4 is 0 Å². The van der Waals surface area contributed by atoms with Crippen LogP contribution in [-0.2, 0) is 14.4 Å². The van der Waals surface area contributed by atoms with Crippen LogP contribution in [-0.4, -0.2) is 23.1 Å². The van der Waals surface area contributed by atoms with Gasteiger partial charge >= 0.3 is 5.97 Å². The fourth-order valence-electron chi connectivity index (χ4n) is 2.72. The molecule has 4 nitrogen and oxygen atoms in total. The lowest BCUT2D eigenvalue weighted by atomic mass is 9.89. The number of carbonyl (C=O) groups excluding carboxylic acids is 2. The van der Waals surface area contributed by atoms with Crippen molar-refractivity contribution in [3.8, 4) is 0 Å². The van der Waals surface area contributed by atoms with E-state index in [-0.39, 0.29) is 18.3 Å². The molecule has 1 saturated carbocycles. The average Bonchev–Trinajstić information content (AvgIpc) is 2.72. The van der Waals surface area contributed by atoms with Gasteiger partial charge in [0.25, 0.3) is 0 Å². The van der Waals surface area contributed by atoms with E-state index in [1.807, 2.05) is 6.08 Å². The highest BCUT2D eigenvalue weighted by molar-refractivity contribution is 5.83. The van der Waals surface area contributed by atoms with Crippen molar-refractivity contribution in [3.05, 3.63) is 12.2 Å². The zero-order valence-electron chi connectivity index (χ0n) is 11.2. The lowest BCUT2D eigenvalue weighted by Gasteiger charge is -2.14. The van der Waals surface area contributed by atoms with Crippen molar-refractivity contribution < 1.29 is 19.5 Å². The summed E-state index contributed by atoms with van der Waals surface area (Å²) in [6, 6.07) is 0. The molecular formula is C15H22O4. The zero-order valence-corrected chi connectivity index (χ0v) is 11.2. The lowest BCUT2D eigenvalue weighted by molar-refractivity contribution is -0.137.